The van der Waals surface area contributed by atoms with Gasteiger partial charge >= 0.3 is 5.97 Å². The summed E-state index contributed by atoms with van der Waals surface area (Å²) < 4.78 is 5.27. The molecule has 114 valence electrons. The number of carbonyl (C=O) groups excluding carboxylic acids is 1. The zero-order chi connectivity index (χ0) is 15.4. The molecule has 0 aliphatic carbocycles. The molecule has 0 aromatic heterocycles. The molecule has 0 spiro atoms. The molecular weight excluding hydrogens is 264 g/mol. The molecule has 0 saturated carbocycles. The second-order valence-corrected chi connectivity index (χ2v) is 5.57. The molecule has 0 amide bonds. The maximum absolute atomic E-state index is 12.3. The summed E-state index contributed by atoms with van der Waals surface area (Å²) in [5, 5.41) is 10.3. The highest BCUT2D eigenvalue weighted by molar-refractivity contribution is 6.18. The van der Waals surface area contributed by atoms with Crippen molar-refractivity contribution in [3.8, 4) is 0 Å². The quantitative estimate of drug-likeness (QED) is 0.851. The van der Waals surface area contributed by atoms with Crippen molar-refractivity contribution >= 4 is 11.5 Å². The molecule has 1 N–H and O–H groups in total. The summed E-state index contributed by atoms with van der Waals surface area (Å²) in [4.78, 5) is 12.3. The van der Waals surface area contributed by atoms with Gasteiger partial charge in [-0.25, -0.2) is 4.79 Å². The first-order valence-electron chi connectivity index (χ1n) is 7.80. The van der Waals surface area contributed by atoms with E-state index in [1.54, 1.807) is 0 Å². The summed E-state index contributed by atoms with van der Waals surface area (Å²) in [7, 11) is 0. The van der Waals surface area contributed by atoms with E-state index in [4.69, 9.17) is 4.74 Å². The molecule has 0 bridgehead atoms. The summed E-state index contributed by atoms with van der Waals surface area (Å²) >= 11 is 0. The summed E-state index contributed by atoms with van der Waals surface area (Å²) in [6.07, 6.45) is 3.98. The van der Waals surface area contributed by atoms with E-state index in [0.717, 1.165) is 42.4 Å². The van der Waals surface area contributed by atoms with Crippen molar-refractivity contribution in [3.63, 3.8) is 0 Å². The molecule has 0 atom stereocenters. The van der Waals surface area contributed by atoms with Gasteiger partial charge in [0.2, 0.25) is 0 Å². The number of carbonyl (C=O) groups is 1. The minimum atomic E-state index is -0.394. The number of cyclic esters (lactones) is 1. The van der Waals surface area contributed by atoms with Crippen molar-refractivity contribution in [1.82, 2.24) is 0 Å². The molecule has 2 rings (SSSR count). The van der Waals surface area contributed by atoms with Gasteiger partial charge in [-0.15, -0.1) is 0 Å². The second-order valence-electron chi connectivity index (χ2n) is 5.57. The van der Waals surface area contributed by atoms with Gasteiger partial charge in [-0.2, -0.15) is 0 Å². The molecule has 1 aliphatic heterocycles. The van der Waals surface area contributed by atoms with Crippen LogP contribution in [0.5, 0.6) is 0 Å². The van der Waals surface area contributed by atoms with Crippen molar-refractivity contribution in [2.45, 2.75) is 52.9 Å². The Morgan fingerprint density at radius 1 is 1.19 bits per heavy atom. The molecule has 1 heterocycles. The van der Waals surface area contributed by atoms with E-state index in [2.05, 4.69) is 26.0 Å². The van der Waals surface area contributed by atoms with Gasteiger partial charge < -0.3 is 9.84 Å². The van der Waals surface area contributed by atoms with Crippen molar-refractivity contribution in [2.75, 3.05) is 6.61 Å². The van der Waals surface area contributed by atoms with Gasteiger partial charge in [-0.3, -0.25) is 0 Å². The Hall–Kier alpha value is -1.77. The average molecular weight is 288 g/mol. The van der Waals surface area contributed by atoms with Gasteiger partial charge in [0.05, 0.1) is 6.61 Å². The highest BCUT2D eigenvalue weighted by atomic mass is 16.5. The van der Waals surface area contributed by atoms with Gasteiger partial charge in [0.1, 0.15) is 11.3 Å². The Morgan fingerprint density at radius 2 is 1.95 bits per heavy atom. The van der Waals surface area contributed by atoms with Crippen molar-refractivity contribution in [1.29, 1.82) is 0 Å². The number of aryl methyl sites for hydroxylation is 3. The molecule has 3 nitrogen and oxygen atoms in total. The van der Waals surface area contributed by atoms with Gasteiger partial charge in [0.15, 0.2) is 0 Å². The van der Waals surface area contributed by atoms with Crippen LogP contribution in [0.4, 0.5) is 0 Å². The molecule has 1 aromatic rings. The van der Waals surface area contributed by atoms with Crippen LogP contribution in [-0.2, 0) is 22.4 Å². The van der Waals surface area contributed by atoms with E-state index in [-0.39, 0.29) is 5.76 Å². The summed E-state index contributed by atoms with van der Waals surface area (Å²) in [6.45, 7) is 6.63. The number of allylic oxidation sites excluding steroid dienone is 1. The van der Waals surface area contributed by atoms with Gasteiger partial charge in [0.25, 0.3) is 0 Å². The topological polar surface area (TPSA) is 46.5 Å². The zero-order valence-electron chi connectivity index (χ0n) is 13.2. The van der Waals surface area contributed by atoms with E-state index in [9.17, 15) is 9.90 Å². The van der Waals surface area contributed by atoms with Gasteiger partial charge in [-0.1, -0.05) is 26.0 Å². The average Bonchev–Trinajstić information content (AvgIpc) is 2.46. The van der Waals surface area contributed by atoms with Crippen LogP contribution in [0, 0.1) is 6.92 Å². The Bertz CT molecular complexity index is 570. The predicted molar refractivity (Wildman–Crippen MR) is 84.3 cm³/mol. The molecule has 0 unspecified atom stereocenters. The Balaban J connectivity index is 2.62. The number of aliphatic hydroxyl groups is 1. The highest BCUT2D eigenvalue weighted by Gasteiger charge is 2.24. The number of esters is 1. The molecule has 3 heteroatoms. The molecule has 1 aliphatic rings. The predicted octanol–water partition coefficient (Wildman–Crippen LogP) is 4.12. The normalized spacial score (nSPS) is 19.9. The van der Waals surface area contributed by atoms with Crippen molar-refractivity contribution in [2.24, 2.45) is 0 Å². The fraction of sp³-hybridized carbons (Fsp3) is 0.500. The van der Waals surface area contributed by atoms with Crippen LogP contribution < -0.4 is 0 Å². The molecule has 0 radical (unpaired) electrons. The maximum atomic E-state index is 12.3. The maximum Gasteiger partial charge on any atom is 0.342 e. The van der Waals surface area contributed by atoms with Gasteiger partial charge in [-0.05, 0) is 54.9 Å². The van der Waals surface area contributed by atoms with Crippen LogP contribution >= 0.6 is 0 Å². The summed E-state index contributed by atoms with van der Waals surface area (Å²) in [5.74, 6) is -0.226. The van der Waals surface area contributed by atoms with Gasteiger partial charge in [0, 0.05) is 6.42 Å². The van der Waals surface area contributed by atoms with E-state index < -0.39 is 5.97 Å². The lowest BCUT2D eigenvalue weighted by Gasteiger charge is -2.19. The Morgan fingerprint density at radius 3 is 2.62 bits per heavy atom. The third-order valence-electron chi connectivity index (χ3n) is 4.05. The number of ether oxygens (including phenoxy) is 1. The van der Waals surface area contributed by atoms with Crippen LogP contribution in [0.15, 0.2) is 17.9 Å². The lowest BCUT2D eigenvalue weighted by Crippen LogP contribution is -2.15. The first-order valence-corrected chi connectivity index (χ1v) is 7.80. The molecule has 21 heavy (non-hydrogen) atoms. The number of benzene rings is 1. The highest BCUT2D eigenvalue weighted by Crippen LogP contribution is 2.31. The number of hydrogen-bond donors (Lipinski definition) is 1. The van der Waals surface area contributed by atoms with Crippen LogP contribution in [-0.4, -0.2) is 17.7 Å². The minimum absolute atomic E-state index is 0.168. The van der Waals surface area contributed by atoms with E-state index >= 15 is 0 Å². The SMILES string of the molecule is CCc1cc(C)c(/C2=C(\O)CCCCOC2=O)c(CC)c1. The van der Waals surface area contributed by atoms with Crippen LogP contribution in [0.25, 0.3) is 5.57 Å². The van der Waals surface area contributed by atoms with Crippen LogP contribution in [0.1, 0.15) is 55.4 Å². The van der Waals surface area contributed by atoms with Crippen LogP contribution in [0.3, 0.4) is 0 Å². The van der Waals surface area contributed by atoms with E-state index in [0.29, 0.717) is 18.6 Å². The number of aliphatic hydroxyl groups excluding tert-OH is 1. The fourth-order valence-corrected chi connectivity index (χ4v) is 2.90. The summed E-state index contributed by atoms with van der Waals surface area (Å²) in [6, 6.07) is 4.23. The largest absolute Gasteiger partial charge is 0.511 e. The molecule has 0 saturated heterocycles. The smallest absolute Gasteiger partial charge is 0.342 e. The molecule has 0 fully saturated rings. The Labute approximate surface area is 126 Å². The van der Waals surface area contributed by atoms with Crippen LogP contribution in [0.2, 0.25) is 0 Å². The summed E-state index contributed by atoms with van der Waals surface area (Å²) in [5.41, 5.74) is 4.62. The molecular formula is C18H24O3. The monoisotopic (exact) mass is 288 g/mol. The standard InChI is InChI=1S/C18H24O3/c1-4-13-10-12(3)16(14(5-2)11-13)17-15(19)8-6-7-9-21-18(17)20/h10-11,19H,4-9H2,1-3H3/b17-15+. The number of rotatable bonds is 3. The Kier molecular flexibility index (Phi) is 5.05. The first-order chi connectivity index (χ1) is 10.1. The van der Waals surface area contributed by atoms with Crippen molar-refractivity contribution in [3.05, 3.63) is 40.1 Å². The molecule has 1 aromatic carbocycles. The third-order valence-corrected chi connectivity index (χ3v) is 4.05. The fourth-order valence-electron chi connectivity index (χ4n) is 2.90. The van der Waals surface area contributed by atoms with E-state index in [1.165, 1.54) is 5.56 Å². The third kappa shape index (κ3) is 3.29. The minimum Gasteiger partial charge on any atom is -0.511 e. The van der Waals surface area contributed by atoms with E-state index in [1.807, 2.05) is 6.92 Å². The first kappa shape index (κ1) is 15.6. The second kappa shape index (κ2) is 6.79. The lowest BCUT2D eigenvalue weighted by atomic mass is 9.89. The van der Waals surface area contributed by atoms with Crippen molar-refractivity contribution < 1.29 is 14.6 Å². The zero-order valence-corrected chi connectivity index (χ0v) is 13.2. The lowest BCUT2D eigenvalue weighted by molar-refractivity contribution is -0.137. The number of hydrogen-bond acceptors (Lipinski definition) is 3.